The average Bonchev–Trinajstić information content (AvgIpc) is 3.17. The Hall–Kier alpha value is -3.73. The van der Waals surface area contributed by atoms with E-state index in [2.05, 4.69) is 12.2 Å². The monoisotopic (exact) mass is 415 g/mol. The van der Waals surface area contributed by atoms with Gasteiger partial charge < -0.3 is 9.73 Å². The van der Waals surface area contributed by atoms with E-state index in [-0.39, 0.29) is 11.7 Å². The lowest BCUT2D eigenvalue weighted by atomic mass is 9.93. The number of carbonyl (C=O) groups excluding carboxylic acids is 2. The summed E-state index contributed by atoms with van der Waals surface area (Å²) < 4.78 is 19.6. The van der Waals surface area contributed by atoms with Crippen LogP contribution in [0.3, 0.4) is 0 Å². The van der Waals surface area contributed by atoms with Gasteiger partial charge >= 0.3 is 0 Å². The zero-order chi connectivity index (χ0) is 22.0. The molecule has 31 heavy (non-hydrogen) atoms. The van der Waals surface area contributed by atoms with Crippen LogP contribution in [-0.2, 0) is 6.42 Å². The standard InChI is InChI=1S/C26H22FNO3/c1-3-5-18-13-23-22(14-21(18)19-7-4-6-16(12-19)15-29)24(26(30)28-2)25(31-23)17-8-10-20(27)11-9-17/h4,6-15H,3,5H2,1-2H3,(H,28,30). The summed E-state index contributed by atoms with van der Waals surface area (Å²) in [6.07, 6.45) is 2.57. The number of carbonyl (C=O) groups is 2. The summed E-state index contributed by atoms with van der Waals surface area (Å²) in [5, 5.41) is 3.35. The van der Waals surface area contributed by atoms with Crippen LogP contribution in [0.25, 0.3) is 33.4 Å². The van der Waals surface area contributed by atoms with Gasteiger partial charge in [0.25, 0.3) is 5.91 Å². The number of halogens is 1. The lowest BCUT2D eigenvalue weighted by Gasteiger charge is -2.10. The van der Waals surface area contributed by atoms with Crippen molar-refractivity contribution in [3.05, 3.63) is 83.2 Å². The Balaban J connectivity index is 2.01. The molecule has 3 aromatic carbocycles. The highest BCUT2D eigenvalue weighted by molar-refractivity contribution is 6.12. The van der Waals surface area contributed by atoms with Crippen molar-refractivity contribution >= 4 is 23.2 Å². The van der Waals surface area contributed by atoms with Crippen molar-refractivity contribution < 1.29 is 18.4 Å². The summed E-state index contributed by atoms with van der Waals surface area (Å²) >= 11 is 0. The summed E-state index contributed by atoms with van der Waals surface area (Å²) in [6.45, 7) is 2.10. The summed E-state index contributed by atoms with van der Waals surface area (Å²) in [6, 6.07) is 17.2. The van der Waals surface area contributed by atoms with Crippen molar-refractivity contribution in [3.63, 3.8) is 0 Å². The fourth-order valence-electron chi connectivity index (χ4n) is 3.86. The SMILES string of the molecule is CCCc1cc2oc(-c3ccc(F)cc3)c(C(=O)NC)c2cc1-c1cccc(C=O)c1. The van der Waals surface area contributed by atoms with Crippen LogP contribution < -0.4 is 5.32 Å². The molecule has 1 heterocycles. The van der Waals surface area contributed by atoms with E-state index in [4.69, 9.17) is 4.42 Å². The van der Waals surface area contributed by atoms with E-state index in [0.717, 1.165) is 35.8 Å². The zero-order valence-electron chi connectivity index (χ0n) is 17.4. The van der Waals surface area contributed by atoms with Crippen LogP contribution in [0.1, 0.15) is 39.6 Å². The molecule has 1 N–H and O–H groups in total. The maximum Gasteiger partial charge on any atom is 0.255 e. The molecule has 0 saturated carbocycles. The molecule has 0 fully saturated rings. The molecule has 0 aliphatic heterocycles. The van der Waals surface area contributed by atoms with E-state index in [1.54, 1.807) is 25.2 Å². The molecule has 4 nitrogen and oxygen atoms in total. The Morgan fingerprint density at radius 3 is 2.52 bits per heavy atom. The van der Waals surface area contributed by atoms with Crippen LogP contribution in [0.2, 0.25) is 0 Å². The van der Waals surface area contributed by atoms with Crippen LogP contribution in [0, 0.1) is 5.82 Å². The van der Waals surface area contributed by atoms with Crippen molar-refractivity contribution in [2.45, 2.75) is 19.8 Å². The first-order valence-electron chi connectivity index (χ1n) is 10.2. The summed E-state index contributed by atoms with van der Waals surface area (Å²) in [5.41, 5.74) is 5.14. The molecule has 4 aromatic rings. The Bertz CT molecular complexity index is 1270. The van der Waals surface area contributed by atoms with Gasteiger partial charge in [0.2, 0.25) is 0 Å². The maximum atomic E-state index is 13.4. The first-order chi connectivity index (χ1) is 15.0. The fraction of sp³-hybridized carbons (Fsp3) is 0.154. The molecule has 0 unspecified atom stereocenters. The molecule has 1 aromatic heterocycles. The predicted molar refractivity (Wildman–Crippen MR) is 120 cm³/mol. The lowest BCUT2D eigenvalue weighted by Crippen LogP contribution is -2.18. The van der Waals surface area contributed by atoms with Crippen molar-refractivity contribution in [3.8, 4) is 22.5 Å². The van der Waals surface area contributed by atoms with Crippen molar-refractivity contribution in [2.75, 3.05) is 7.05 Å². The zero-order valence-corrected chi connectivity index (χ0v) is 17.4. The molecule has 0 spiro atoms. The minimum absolute atomic E-state index is 0.283. The van der Waals surface area contributed by atoms with E-state index in [1.807, 2.05) is 30.3 Å². The van der Waals surface area contributed by atoms with Gasteiger partial charge in [-0.2, -0.15) is 0 Å². The van der Waals surface area contributed by atoms with E-state index < -0.39 is 0 Å². The van der Waals surface area contributed by atoms with Crippen LogP contribution in [0.15, 0.2) is 65.1 Å². The predicted octanol–water partition coefficient (Wildman–Crippen LogP) is 6.03. The van der Waals surface area contributed by atoms with Gasteiger partial charge in [-0.05, 0) is 65.6 Å². The first kappa shape index (κ1) is 20.5. The number of furan rings is 1. The van der Waals surface area contributed by atoms with E-state index in [0.29, 0.717) is 33.4 Å². The maximum absolute atomic E-state index is 13.4. The largest absolute Gasteiger partial charge is 0.455 e. The van der Waals surface area contributed by atoms with Crippen LogP contribution >= 0.6 is 0 Å². The van der Waals surface area contributed by atoms with Gasteiger partial charge in [-0.25, -0.2) is 4.39 Å². The minimum Gasteiger partial charge on any atom is -0.455 e. The Morgan fingerprint density at radius 1 is 1.06 bits per heavy atom. The van der Waals surface area contributed by atoms with Gasteiger partial charge in [0.05, 0.1) is 5.56 Å². The van der Waals surface area contributed by atoms with Gasteiger partial charge in [0.15, 0.2) is 0 Å². The van der Waals surface area contributed by atoms with Crippen LogP contribution in [-0.4, -0.2) is 19.2 Å². The molecule has 4 rings (SSSR count). The minimum atomic E-state index is -0.357. The number of benzene rings is 3. The third-order valence-corrected chi connectivity index (χ3v) is 5.33. The van der Waals surface area contributed by atoms with Crippen molar-refractivity contribution in [1.29, 1.82) is 0 Å². The summed E-state index contributed by atoms with van der Waals surface area (Å²) in [7, 11) is 1.57. The van der Waals surface area contributed by atoms with Crippen LogP contribution in [0.4, 0.5) is 4.39 Å². The van der Waals surface area contributed by atoms with Gasteiger partial charge in [0, 0.05) is 23.6 Å². The normalized spacial score (nSPS) is 10.9. The van der Waals surface area contributed by atoms with E-state index in [9.17, 15) is 14.0 Å². The number of hydrogen-bond donors (Lipinski definition) is 1. The molecule has 0 bridgehead atoms. The van der Waals surface area contributed by atoms with Gasteiger partial charge in [-0.1, -0.05) is 31.5 Å². The number of hydrogen-bond acceptors (Lipinski definition) is 3. The number of amides is 1. The number of aryl methyl sites for hydroxylation is 1. The Kier molecular flexibility index (Phi) is 5.67. The molecule has 0 aliphatic carbocycles. The average molecular weight is 415 g/mol. The van der Waals surface area contributed by atoms with Gasteiger partial charge in [-0.15, -0.1) is 0 Å². The van der Waals surface area contributed by atoms with Crippen molar-refractivity contribution in [2.24, 2.45) is 0 Å². The molecular weight excluding hydrogens is 393 g/mol. The highest BCUT2D eigenvalue weighted by atomic mass is 19.1. The number of fused-ring (bicyclic) bond motifs is 1. The quantitative estimate of drug-likeness (QED) is 0.391. The molecular formula is C26H22FNO3. The molecule has 1 amide bonds. The number of rotatable bonds is 6. The fourth-order valence-corrected chi connectivity index (χ4v) is 3.86. The van der Waals surface area contributed by atoms with Crippen LogP contribution in [0.5, 0.6) is 0 Å². The smallest absolute Gasteiger partial charge is 0.255 e. The third-order valence-electron chi connectivity index (χ3n) is 5.33. The molecule has 0 saturated heterocycles. The summed E-state index contributed by atoms with van der Waals surface area (Å²) in [5.74, 6) is -0.242. The highest BCUT2D eigenvalue weighted by Crippen LogP contribution is 2.38. The van der Waals surface area contributed by atoms with E-state index >= 15 is 0 Å². The molecule has 156 valence electrons. The Morgan fingerprint density at radius 2 is 1.84 bits per heavy atom. The molecule has 0 aliphatic rings. The molecule has 0 atom stereocenters. The third kappa shape index (κ3) is 3.87. The van der Waals surface area contributed by atoms with Gasteiger partial charge in [0.1, 0.15) is 23.4 Å². The second-order valence-electron chi connectivity index (χ2n) is 7.39. The topological polar surface area (TPSA) is 59.3 Å². The molecule has 0 radical (unpaired) electrons. The molecule has 5 heteroatoms. The number of nitrogens with one attached hydrogen (secondary N) is 1. The summed E-state index contributed by atoms with van der Waals surface area (Å²) in [4.78, 5) is 24.1. The second kappa shape index (κ2) is 8.56. The number of aldehydes is 1. The Labute approximate surface area is 179 Å². The van der Waals surface area contributed by atoms with Crippen molar-refractivity contribution in [1.82, 2.24) is 5.32 Å². The first-order valence-corrected chi connectivity index (χ1v) is 10.2. The van der Waals surface area contributed by atoms with E-state index in [1.165, 1.54) is 12.1 Å². The lowest BCUT2D eigenvalue weighted by molar-refractivity contribution is 0.0964. The second-order valence-corrected chi connectivity index (χ2v) is 7.39. The van der Waals surface area contributed by atoms with Gasteiger partial charge in [-0.3, -0.25) is 9.59 Å². The highest BCUT2D eigenvalue weighted by Gasteiger charge is 2.23.